The summed E-state index contributed by atoms with van der Waals surface area (Å²) in [6.45, 7) is 0.415. The van der Waals surface area contributed by atoms with Crippen LogP contribution in [0.15, 0.2) is 47.8 Å². The molecule has 3 aromatic rings. The van der Waals surface area contributed by atoms with Gasteiger partial charge in [-0.05, 0) is 29.8 Å². The van der Waals surface area contributed by atoms with E-state index in [0.29, 0.717) is 28.9 Å². The van der Waals surface area contributed by atoms with Crippen molar-refractivity contribution in [3.8, 4) is 17.2 Å². The lowest BCUT2D eigenvalue weighted by Gasteiger charge is -2.09. The quantitative estimate of drug-likeness (QED) is 0.599. The minimum atomic E-state index is -0.229. The second-order valence-electron chi connectivity index (χ2n) is 5.76. The van der Waals surface area contributed by atoms with E-state index in [0.717, 1.165) is 17.0 Å². The zero-order chi connectivity index (χ0) is 19.9. The Balaban J connectivity index is 1.60. The summed E-state index contributed by atoms with van der Waals surface area (Å²) in [4.78, 5) is 16.7. The number of methoxy groups -OCH3 is 3. The van der Waals surface area contributed by atoms with Crippen molar-refractivity contribution in [1.29, 1.82) is 0 Å². The molecule has 1 amide bonds. The molecule has 0 atom stereocenters. The van der Waals surface area contributed by atoms with Gasteiger partial charge >= 0.3 is 0 Å². The molecule has 0 spiro atoms. The molecule has 0 radical (unpaired) electrons. The first kappa shape index (κ1) is 19.5. The Morgan fingerprint density at radius 2 is 1.75 bits per heavy atom. The molecule has 0 aliphatic carbocycles. The number of nitrogens with one attached hydrogen (secondary N) is 2. The van der Waals surface area contributed by atoms with Crippen molar-refractivity contribution < 1.29 is 19.0 Å². The highest BCUT2D eigenvalue weighted by Gasteiger charge is 2.12. The van der Waals surface area contributed by atoms with Gasteiger partial charge in [-0.15, -0.1) is 11.3 Å². The van der Waals surface area contributed by atoms with Gasteiger partial charge in [-0.2, -0.15) is 0 Å². The fourth-order valence-corrected chi connectivity index (χ4v) is 3.20. The molecule has 0 bridgehead atoms. The van der Waals surface area contributed by atoms with E-state index in [4.69, 9.17) is 14.2 Å². The van der Waals surface area contributed by atoms with Crippen LogP contribution in [0, 0.1) is 0 Å². The minimum Gasteiger partial charge on any atom is -0.497 e. The Hall–Kier alpha value is -3.26. The third kappa shape index (κ3) is 4.72. The molecule has 1 heterocycles. The molecule has 2 N–H and O–H groups in total. The predicted octanol–water partition coefficient (Wildman–Crippen LogP) is 3.84. The lowest BCUT2D eigenvalue weighted by Crippen LogP contribution is -2.23. The Kier molecular flexibility index (Phi) is 6.33. The van der Waals surface area contributed by atoms with Crippen LogP contribution in [0.5, 0.6) is 17.2 Å². The molecule has 3 rings (SSSR count). The SMILES string of the molecule is COc1ccc(CNC(=O)c2csc(Nc3ccc(OC)c(OC)c3)n2)cc1. The van der Waals surface area contributed by atoms with E-state index in [1.54, 1.807) is 32.8 Å². The molecule has 0 aliphatic heterocycles. The molecular weight excluding hydrogens is 378 g/mol. The van der Waals surface area contributed by atoms with Crippen LogP contribution in [0.1, 0.15) is 16.1 Å². The van der Waals surface area contributed by atoms with E-state index in [-0.39, 0.29) is 5.91 Å². The Morgan fingerprint density at radius 1 is 1.00 bits per heavy atom. The second kappa shape index (κ2) is 9.09. The van der Waals surface area contributed by atoms with Crippen molar-refractivity contribution >= 4 is 28.1 Å². The van der Waals surface area contributed by atoms with Crippen molar-refractivity contribution in [3.63, 3.8) is 0 Å². The number of carbonyl (C=O) groups is 1. The lowest BCUT2D eigenvalue weighted by molar-refractivity contribution is 0.0946. The summed E-state index contributed by atoms with van der Waals surface area (Å²) in [5.74, 6) is 1.81. The van der Waals surface area contributed by atoms with Crippen LogP contribution in [0.25, 0.3) is 0 Å². The first-order valence-electron chi connectivity index (χ1n) is 8.48. The summed E-state index contributed by atoms with van der Waals surface area (Å²) in [5.41, 5.74) is 2.13. The highest BCUT2D eigenvalue weighted by Crippen LogP contribution is 2.31. The molecule has 2 aromatic carbocycles. The molecule has 0 fully saturated rings. The Morgan fingerprint density at radius 3 is 2.43 bits per heavy atom. The maximum absolute atomic E-state index is 12.3. The highest BCUT2D eigenvalue weighted by atomic mass is 32.1. The third-order valence-electron chi connectivity index (χ3n) is 3.98. The summed E-state index contributed by atoms with van der Waals surface area (Å²) in [6, 6.07) is 13.0. The zero-order valence-corrected chi connectivity index (χ0v) is 16.6. The van der Waals surface area contributed by atoms with Crippen LogP contribution in [0.3, 0.4) is 0 Å². The van der Waals surface area contributed by atoms with Crippen LogP contribution < -0.4 is 24.8 Å². The normalized spacial score (nSPS) is 10.2. The number of hydrogen-bond donors (Lipinski definition) is 2. The number of amides is 1. The lowest BCUT2D eigenvalue weighted by atomic mass is 10.2. The highest BCUT2D eigenvalue weighted by molar-refractivity contribution is 7.14. The third-order valence-corrected chi connectivity index (χ3v) is 4.74. The fraction of sp³-hybridized carbons (Fsp3) is 0.200. The van der Waals surface area contributed by atoms with Gasteiger partial charge in [0.2, 0.25) is 0 Å². The number of carbonyl (C=O) groups excluding carboxylic acids is 1. The number of thiazole rings is 1. The van der Waals surface area contributed by atoms with E-state index in [9.17, 15) is 4.79 Å². The minimum absolute atomic E-state index is 0.229. The number of anilines is 2. The van der Waals surface area contributed by atoms with E-state index in [1.165, 1.54) is 11.3 Å². The van der Waals surface area contributed by atoms with Crippen molar-refractivity contribution in [2.45, 2.75) is 6.54 Å². The van der Waals surface area contributed by atoms with Gasteiger partial charge in [0, 0.05) is 23.7 Å². The molecule has 0 saturated carbocycles. The maximum Gasteiger partial charge on any atom is 0.271 e. The number of ether oxygens (including phenoxy) is 3. The van der Waals surface area contributed by atoms with Crippen LogP contribution in [-0.4, -0.2) is 32.2 Å². The zero-order valence-electron chi connectivity index (χ0n) is 15.8. The average molecular weight is 399 g/mol. The molecule has 0 unspecified atom stereocenters. The van der Waals surface area contributed by atoms with Gasteiger partial charge in [-0.3, -0.25) is 4.79 Å². The van der Waals surface area contributed by atoms with E-state index in [2.05, 4.69) is 15.6 Å². The monoisotopic (exact) mass is 399 g/mol. The first-order valence-corrected chi connectivity index (χ1v) is 9.36. The summed E-state index contributed by atoms with van der Waals surface area (Å²) >= 11 is 1.35. The number of aromatic nitrogens is 1. The summed E-state index contributed by atoms with van der Waals surface area (Å²) < 4.78 is 15.6. The van der Waals surface area contributed by atoms with Gasteiger partial charge in [0.05, 0.1) is 21.3 Å². The van der Waals surface area contributed by atoms with Crippen LogP contribution in [0.2, 0.25) is 0 Å². The van der Waals surface area contributed by atoms with Gasteiger partial charge in [0.1, 0.15) is 11.4 Å². The maximum atomic E-state index is 12.3. The molecular formula is C20H21N3O4S. The fourth-order valence-electron chi connectivity index (χ4n) is 2.49. The Labute approximate surface area is 167 Å². The smallest absolute Gasteiger partial charge is 0.271 e. The molecule has 1 aromatic heterocycles. The van der Waals surface area contributed by atoms with E-state index >= 15 is 0 Å². The van der Waals surface area contributed by atoms with Gasteiger partial charge in [-0.25, -0.2) is 4.98 Å². The molecule has 28 heavy (non-hydrogen) atoms. The second-order valence-corrected chi connectivity index (χ2v) is 6.62. The van der Waals surface area contributed by atoms with Gasteiger partial charge in [-0.1, -0.05) is 12.1 Å². The summed E-state index contributed by atoms with van der Waals surface area (Å²) in [7, 11) is 4.78. The number of benzene rings is 2. The van der Waals surface area contributed by atoms with Crippen LogP contribution in [-0.2, 0) is 6.54 Å². The van der Waals surface area contributed by atoms with E-state index in [1.807, 2.05) is 36.4 Å². The van der Waals surface area contributed by atoms with Gasteiger partial charge in [0.25, 0.3) is 5.91 Å². The van der Waals surface area contributed by atoms with Crippen molar-refractivity contribution in [1.82, 2.24) is 10.3 Å². The van der Waals surface area contributed by atoms with Crippen molar-refractivity contribution in [2.24, 2.45) is 0 Å². The molecule has 8 heteroatoms. The molecule has 7 nitrogen and oxygen atoms in total. The summed E-state index contributed by atoms with van der Waals surface area (Å²) in [5, 5.41) is 8.36. The topological polar surface area (TPSA) is 81.7 Å². The van der Waals surface area contributed by atoms with Gasteiger partial charge in [0.15, 0.2) is 16.6 Å². The number of rotatable bonds is 8. The molecule has 0 aliphatic rings. The molecule has 0 saturated heterocycles. The van der Waals surface area contributed by atoms with Crippen LogP contribution in [0.4, 0.5) is 10.8 Å². The average Bonchev–Trinajstić information content (AvgIpc) is 3.20. The van der Waals surface area contributed by atoms with E-state index < -0.39 is 0 Å². The number of hydrogen-bond acceptors (Lipinski definition) is 7. The van der Waals surface area contributed by atoms with Crippen molar-refractivity contribution in [2.75, 3.05) is 26.6 Å². The summed E-state index contributed by atoms with van der Waals surface area (Å²) in [6.07, 6.45) is 0. The largest absolute Gasteiger partial charge is 0.497 e. The Bertz CT molecular complexity index is 941. The molecule has 146 valence electrons. The van der Waals surface area contributed by atoms with Crippen LogP contribution >= 0.6 is 11.3 Å². The van der Waals surface area contributed by atoms with Crippen molar-refractivity contribution in [3.05, 3.63) is 59.1 Å². The predicted molar refractivity (Wildman–Crippen MR) is 109 cm³/mol. The first-order chi connectivity index (χ1) is 13.6. The standard InChI is InChI=1S/C20H21N3O4S/c1-25-15-7-4-13(5-8-15)11-21-19(24)16-12-28-20(23-16)22-14-6-9-17(26-2)18(10-14)27-3/h4-10,12H,11H2,1-3H3,(H,21,24)(H,22,23). The van der Waals surface area contributed by atoms with Gasteiger partial charge < -0.3 is 24.8 Å². The number of nitrogens with zero attached hydrogens (tertiary/aromatic N) is 1.